The maximum atomic E-state index is 13.5. The Morgan fingerprint density at radius 2 is 1.95 bits per heavy atom. The van der Waals surface area contributed by atoms with Crippen molar-refractivity contribution in [1.82, 2.24) is 0 Å². The summed E-state index contributed by atoms with van der Waals surface area (Å²) in [6.45, 7) is 1.55. The van der Waals surface area contributed by atoms with Crippen molar-refractivity contribution in [2.24, 2.45) is 0 Å². The zero-order chi connectivity index (χ0) is 14.7. The molecule has 2 aromatic rings. The molecule has 2 rings (SSSR count). The van der Waals surface area contributed by atoms with Gasteiger partial charge in [0, 0.05) is 22.5 Å². The molecule has 0 radical (unpaired) electrons. The van der Waals surface area contributed by atoms with Crippen molar-refractivity contribution in [2.75, 3.05) is 11.1 Å². The number of carbonyl (C=O) groups is 1. The highest BCUT2D eigenvalue weighted by atomic mass is 19.1. The lowest BCUT2D eigenvalue weighted by molar-refractivity contribution is 0.102. The molecule has 0 unspecified atom stereocenters. The zero-order valence-electron chi connectivity index (χ0n) is 10.8. The summed E-state index contributed by atoms with van der Waals surface area (Å²) in [5, 5.41) is 11.3. The molecule has 0 aliphatic rings. The Labute approximate surface area is 115 Å². The summed E-state index contributed by atoms with van der Waals surface area (Å²) in [6.07, 6.45) is 0. The molecule has 0 fully saturated rings. The van der Waals surface area contributed by atoms with Gasteiger partial charge in [0.1, 0.15) is 5.82 Å². The van der Waals surface area contributed by atoms with Gasteiger partial charge in [0.25, 0.3) is 5.91 Å². The minimum absolute atomic E-state index is 0.148. The van der Waals surface area contributed by atoms with Gasteiger partial charge in [0.15, 0.2) is 0 Å². The van der Waals surface area contributed by atoms with Gasteiger partial charge in [0.05, 0.1) is 11.6 Å². The predicted molar refractivity (Wildman–Crippen MR) is 74.7 cm³/mol. The quantitative estimate of drug-likeness (QED) is 0.823. The van der Waals surface area contributed by atoms with Gasteiger partial charge >= 0.3 is 0 Å². The molecule has 0 aliphatic carbocycles. The monoisotopic (exact) mass is 269 g/mol. The lowest BCUT2D eigenvalue weighted by Gasteiger charge is -2.08. The second-order valence-corrected chi connectivity index (χ2v) is 4.32. The molecule has 3 N–H and O–H groups in total. The fourth-order valence-electron chi connectivity index (χ4n) is 1.66. The molecule has 0 saturated heterocycles. The van der Waals surface area contributed by atoms with Crippen LogP contribution in [-0.2, 0) is 0 Å². The first-order valence-electron chi connectivity index (χ1n) is 5.88. The average molecular weight is 269 g/mol. The van der Waals surface area contributed by atoms with E-state index in [0.29, 0.717) is 16.8 Å². The predicted octanol–water partition coefficient (Wildman–Crippen LogP) is 2.84. The third-order valence-electron chi connectivity index (χ3n) is 2.92. The van der Waals surface area contributed by atoms with Gasteiger partial charge in [-0.1, -0.05) is 0 Å². The number of hydrogen-bond donors (Lipinski definition) is 2. The molecule has 0 bridgehead atoms. The Bertz CT molecular complexity index is 679. The Kier molecular flexibility index (Phi) is 3.67. The molecule has 1 amide bonds. The molecular weight excluding hydrogens is 257 g/mol. The van der Waals surface area contributed by atoms with Crippen molar-refractivity contribution < 1.29 is 9.18 Å². The summed E-state index contributed by atoms with van der Waals surface area (Å²) >= 11 is 0. The van der Waals surface area contributed by atoms with E-state index in [9.17, 15) is 9.18 Å². The maximum Gasteiger partial charge on any atom is 0.255 e. The van der Waals surface area contributed by atoms with Gasteiger partial charge in [-0.3, -0.25) is 4.79 Å². The van der Waals surface area contributed by atoms with Crippen LogP contribution >= 0.6 is 0 Å². The molecule has 4 nitrogen and oxygen atoms in total. The topological polar surface area (TPSA) is 78.9 Å². The highest BCUT2D eigenvalue weighted by Gasteiger charge is 2.11. The van der Waals surface area contributed by atoms with Crippen LogP contribution in [0.3, 0.4) is 0 Å². The summed E-state index contributed by atoms with van der Waals surface area (Å²) in [6, 6.07) is 10.9. The largest absolute Gasteiger partial charge is 0.398 e. The number of anilines is 2. The van der Waals surface area contributed by atoms with E-state index in [0.717, 1.165) is 6.07 Å². The van der Waals surface area contributed by atoms with E-state index in [1.54, 1.807) is 31.2 Å². The molecule has 5 heteroatoms. The molecule has 0 atom stereocenters. The van der Waals surface area contributed by atoms with Crippen LogP contribution in [-0.4, -0.2) is 5.91 Å². The Morgan fingerprint density at radius 1 is 1.30 bits per heavy atom. The van der Waals surface area contributed by atoms with Crippen molar-refractivity contribution in [1.29, 1.82) is 5.26 Å². The van der Waals surface area contributed by atoms with Crippen molar-refractivity contribution in [3.8, 4) is 6.07 Å². The highest BCUT2D eigenvalue weighted by Crippen LogP contribution is 2.19. The van der Waals surface area contributed by atoms with E-state index in [1.165, 1.54) is 6.07 Å². The standard InChI is InChI=1S/C15H12FN3O/c1-9-13(16)6-11(7-14(9)18)15(20)19-12-4-2-10(8-17)3-5-12/h2-7H,18H2,1H3,(H,19,20). The Morgan fingerprint density at radius 3 is 2.50 bits per heavy atom. The van der Waals surface area contributed by atoms with Crippen LogP contribution in [0, 0.1) is 24.1 Å². The Hall–Kier alpha value is -2.87. The fourth-order valence-corrected chi connectivity index (χ4v) is 1.66. The van der Waals surface area contributed by atoms with Crippen LogP contribution in [0.4, 0.5) is 15.8 Å². The maximum absolute atomic E-state index is 13.5. The number of hydrogen-bond acceptors (Lipinski definition) is 3. The van der Waals surface area contributed by atoms with Gasteiger partial charge in [-0.25, -0.2) is 4.39 Å². The summed E-state index contributed by atoms with van der Waals surface area (Å²) in [5.74, 6) is -0.977. The minimum Gasteiger partial charge on any atom is -0.398 e. The molecule has 20 heavy (non-hydrogen) atoms. The molecule has 2 aromatic carbocycles. The van der Waals surface area contributed by atoms with Crippen LogP contribution in [0.5, 0.6) is 0 Å². The number of nitrogens with zero attached hydrogens (tertiary/aromatic N) is 1. The summed E-state index contributed by atoms with van der Waals surface area (Å²) in [5.41, 5.74) is 7.35. The van der Waals surface area contributed by atoms with Crippen LogP contribution in [0.2, 0.25) is 0 Å². The van der Waals surface area contributed by atoms with E-state index in [1.807, 2.05) is 6.07 Å². The number of nitrogens with two attached hydrogens (primary N) is 1. The van der Waals surface area contributed by atoms with Gasteiger partial charge in [-0.2, -0.15) is 5.26 Å². The SMILES string of the molecule is Cc1c(N)cc(C(=O)Nc2ccc(C#N)cc2)cc1F. The Balaban J connectivity index is 2.21. The van der Waals surface area contributed by atoms with Crippen molar-refractivity contribution in [3.05, 3.63) is 58.9 Å². The first kappa shape index (κ1) is 13.6. The molecular formula is C15H12FN3O. The summed E-state index contributed by atoms with van der Waals surface area (Å²) < 4.78 is 13.5. The van der Waals surface area contributed by atoms with Gasteiger partial charge < -0.3 is 11.1 Å². The molecule has 100 valence electrons. The molecule has 0 heterocycles. The molecule has 0 aromatic heterocycles. The lowest BCUT2D eigenvalue weighted by atomic mass is 10.1. The van der Waals surface area contributed by atoms with E-state index in [2.05, 4.69) is 5.32 Å². The van der Waals surface area contributed by atoms with Gasteiger partial charge in [0.2, 0.25) is 0 Å². The molecule has 0 aliphatic heterocycles. The van der Waals surface area contributed by atoms with Crippen molar-refractivity contribution in [2.45, 2.75) is 6.92 Å². The number of benzene rings is 2. The number of amides is 1. The smallest absolute Gasteiger partial charge is 0.255 e. The van der Waals surface area contributed by atoms with E-state index >= 15 is 0 Å². The third-order valence-corrected chi connectivity index (χ3v) is 2.92. The van der Waals surface area contributed by atoms with Crippen LogP contribution < -0.4 is 11.1 Å². The third kappa shape index (κ3) is 2.75. The number of rotatable bonds is 2. The van der Waals surface area contributed by atoms with Gasteiger partial charge in [-0.15, -0.1) is 0 Å². The number of nitriles is 1. The number of nitrogen functional groups attached to an aromatic ring is 1. The van der Waals surface area contributed by atoms with E-state index in [4.69, 9.17) is 11.0 Å². The van der Waals surface area contributed by atoms with E-state index in [-0.39, 0.29) is 11.3 Å². The fraction of sp³-hybridized carbons (Fsp3) is 0.0667. The normalized spacial score (nSPS) is 9.85. The summed E-state index contributed by atoms with van der Waals surface area (Å²) in [7, 11) is 0. The molecule has 0 spiro atoms. The number of nitrogens with one attached hydrogen (secondary N) is 1. The minimum atomic E-state index is -0.519. The number of halogens is 1. The van der Waals surface area contributed by atoms with Gasteiger partial charge in [-0.05, 0) is 43.3 Å². The lowest BCUT2D eigenvalue weighted by Crippen LogP contribution is -2.13. The number of carbonyl (C=O) groups excluding carboxylic acids is 1. The average Bonchev–Trinajstić information content (AvgIpc) is 2.45. The zero-order valence-corrected chi connectivity index (χ0v) is 10.8. The second-order valence-electron chi connectivity index (χ2n) is 4.32. The highest BCUT2D eigenvalue weighted by molar-refractivity contribution is 6.04. The van der Waals surface area contributed by atoms with Crippen LogP contribution in [0.1, 0.15) is 21.5 Å². The van der Waals surface area contributed by atoms with Crippen molar-refractivity contribution in [3.63, 3.8) is 0 Å². The van der Waals surface area contributed by atoms with Crippen LogP contribution in [0.15, 0.2) is 36.4 Å². The first-order chi connectivity index (χ1) is 9.51. The first-order valence-corrected chi connectivity index (χ1v) is 5.88. The van der Waals surface area contributed by atoms with E-state index < -0.39 is 11.7 Å². The second kappa shape index (κ2) is 5.41. The summed E-state index contributed by atoms with van der Waals surface area (Å²) in [4.78, 5) is 12.0. The molecule has 0 saturated carbocycles. The van der Waals surface area contributed by atoms with Crippen LogP contribution in [0.25, 0.3) is 0 Å². The van der Waals surface area contributed by atoms with Crippen molar-refractivity contribution >= 4 is 17.3 Å².